The minimum Gasteiger partial charge on any atom is -0.348 e. The summed E-state index contributed by atoms with van der Waals surface area (Å²) in [6.07, 6.45) is 3.23. The largest absolute Gasteiger partial charge is 0.348 e. The van der Waals surface area contributed by atoms with Gasteiger partial charge in [-0.2, -0.15) is 0 Å². The van der Waals surface area contributed by atoms with Crippen molar-refractivity contribution < 1.29 is 4.79 Å². The summed E-state index contributed by atoms with van der Waals surface area (Å²) in [6, 6.07) is 8.59. The summed E-state index contributed by atoms with van der Waals surface area (Å²) in [5, 5.41) is 3.98. The maximum atomic E-state index is 12.7. The highest BCUT2D eigenvalue weighted by Crippen LogP contribution is 2.29. The summed E-state index contributed by atoms with van der Waals surface area (Å²) in [7, 11) is 0. The molecule has 33 heavy (non-hydrogen) atoms. The first-order chi connectivity index (χ1) is 16.0. The van der Waals surface area contributed by atoms with E-state index in [9.17, 15) is 9.59 Å². The van der Waals surface area contributed by atoms with E-state index in [4.69, 9.17) is 4.98 Å². The molecule has 5 rings (SSSR count). The normalized spacial score (nSPS) is 19.5. The molecule has 0 unspecified atom stereocenters. The molecule has 0 bridgehead atoms. The molecule has 0 radical (unpaired) electrons. The predicted octanol–water partition coefficient (Wildman–Crippen LogP) is 2.91. The number of piperazine rings is 1. The molecule has 8 heteroatoms. The molecule has 1 aliphatic heterocycles. The van der Waals surface area contributed by atoms with Gasteiger partial charge in [0, 0.05) is 31.1 Å². The zero-order valence-corrected chi connectivity index (χ0v) is 20.1. The first-order valence-electron chi connectivity index (χ1n) is 11.8. The number of carbonyl (C=O) groups is 1. The second-order valence-electron chi connectivity index (χ2n) is 9.24. The lowest BCUT2D eigenvalue weighted by Crippen LogP contribution is -2.49. The fourth-order valence-electron chi connectivity index (χ4n) is 5.04. The van der Waals surface area contributed by atoms with Crippen LogP contribution < -0.4 is 10.9 Å². The predicted molar refractivity (Wildman–Crippen MR) is 132 cm³/mol. The van der Waals surface area contributed by atoms with Gasteiger partial charge in [0.1, 0.15) is 10.7 Å². The molecule has 1 saturated heterocycles. The van der Waals surface area contributed by atoms with Gasteiger partial charge in [-0.3, -0.25) is 19.4 Å². The number of aryl methyl sites for hydroxylation is 3. The van der Waals surface area contributed by atoms with Crippen LogP contribution >= 0.6 is 11.3 Å². The average Bonchev–Trinajstić information content (AvgIpc) is 3.09. The van der Waals surface area contributed by atoms with Crippen LogP contribution in [0.5, 0.6) is 0 Å². The van der Waals surface area contributed by atoms with E-state index in [2.05, 4.69) is 44.4 Å². The number of aromatic nitrogens is 2. The summed E-state index contributed by atoms with van der Waals surface area (Å²) in [5.74, 6) is 0.820. The van der Waals surface area contributed by atoms with Crippen molar-refractivity contribution in [1.29, 1.82) is 0 Å². The molecule has 1 aliphatic carbocycles. The number of hydrogen-bond acceptors (Lipinski definition) is 6. The Morgan fingerprint density at radius 1 is 1.18 bits per heavy atom. The molecule has 1 atom stereocenters. The van der Waals surface area contributed by atoms with Crippen molar-refractivity contribution >= 4 is 27.5 Å². The third kappa shape index (κ3) is 4.74. The van der Waals surface area contributed by atoms with E-state index in [1.54, 1.807) is 11.3 Å². The Balaban J connectivity index is 1.14. The van der Waals surface area contributed by atoms with Gasteiger partial charge < -0.3 is 10.3 Å². The lowest BCUT2D eigenvalue weighted by Gasteiger charge is -2.34. The van der Waals surface area contributed by atoms with Crippen LogP contribution in [0.1, 0.15) is 46.3 Å². The van der Waals surface area contributed by atoms with Crippen LogP contribution in [-0.4, -0.2) is 58.4 Å². The van der Waals surface area contributed by atoms with Crippen LogP contribution in [0.4, 0.5) is 0 Å². The fourth-order valence-corrected chi connectivity index (χ4v) is 6.09. The maximum absolute atomic E-state index is 12.7. The summed E-state index contributed by atoms with van der Waals surface area (Å²) < 4.78 is 0. The van der Waals surface area contributed by atoms with Crippen molar-refractivity contribution in [2.75, 3.05) is 32.7 Å². The zero-order chi connectivity index (χ0) is 22.9. The van der Waals surface area contributed by atoms with Gasteiger partial charge in [-0.05, 0) is 49.8 Å². The standard InChI is InChI=1S/C25H31N5O2S/c1-16-17(2)33-25-23(16)24(32)27-21(28-25)14-29-10-12-30(13-11-29)15-22(31)26-20-9-5-7-18-6-3-4-8-19(18)20/h3-4,6,8,20H,5,7,9-15H2,1-2H3,(H,26,31)(H,27,28,32)/t20-/m1/s1. The lowest BCUT2D eigenvalue weighted by molar-refractivity contribution is -0.123. The Morgan fingerprint density at radius 2 is 1.94 bits per heavy atom. The first kappa shape index (κ1) is 22.3. The van der Waals surface area contributed by atoms with E-state index < -0.39 is 0 Å². The minimum absolute atomic E-state index is 0.0450. The van der Waals surface area contributed by atoms with Gasteiger partial charge in [0.05, 0.1) is 24.5 Å². The van der Waals surface area contributed by atoms with Crippen LogP contribution in [-0.2, 0) is 17.8 Å². The third-order valence-corrected chi connectivity index (χ3v) is 8.10. The smallest absolute Gasteiger partial charge is 0.259 e. The van der Waals surface area contributed by atoms with E-state index in [0.717, 1.165) is 71.9 Å². The van der Waals surface area contributed by atoms with Gasteiger partial charge >= 0.3 is 0 Å². The van der Waals surface area contributed by atoms with Gasteiger partial charge in [0.25, 0.3) is 5.56 Å². The molecule has 2 N–H and O–H groups in total. The molecule has 0 saturated carbocycles. The molecule has 2 aromatic heterocycles. The Bertz CT molecular complexity index is 1230. The average molecular weight is 466 g/mol. The SMILES string of the molecule is Cc1sc2nc(CN3CCN(CC(=O)N[C@@H]4CCCc5ccccc54)CC3)[nH]c(=O)c2c1C. The number of thiophene rings is 1. The van der Waals surface area contributed by atoms with Crippen LogP contribution in [0.15, 0.2) is 29.1 Å². The summed E-state index contributed by atoms with van der Waals surface area (Å²) in [5.41, 5.74) is 3.62. The second-order valence-corrected chi connectivity index (χ2v) is 10.4. The van der Waals surface area contributed by atoms with Gasteiger partial charge in [0.2, 0.25) is 5.91 Å². The van der Waals surface area contributed by atoms with E-state index in [-0.39, 0.29) is 17.5 Å². The highest BCUT2D eigenvalue weighted by molar-refractivity contribution is 7.18. The number of hydrogen-bond donors (Lipinski definition) is 2. The molecule has 7 nitrogen and oxygen atoms in total. The monoisotopic (exact) mass is 465 g/mol. The summed E-state index contributed by atoms with van der Waals surface area (Å²) >= 11 is 1.58. The van der Waals surface area contributed by atoms with Crippen molar-refractivity contribution in [2.45, 2.75) is 45.7 Å². The highest BCUT2D eigenvalue weighted by Gasteiger charge is 2.24. The summed E-state index contributed by atoms with van der Waals surface area (Å²) in [4.78, 5) is 39.4. The lowest BCUT2D eigenvalue weighted by atomic mass is 9.88. The van der Waals surface area contributed by atoms with E-state index in [0.29, 0.717) is 13.1 Å². The van der Waals surface area contributed by atoms with Crippen LogP contribution in [0.25, 0.3) is 10.2 Å². The molecule has 174 valence electrons. The molecular weight excluding hydrogens is 434 g/mol. The third-order valence-electron chi connectivity index (χ3n) is 7.00. The highest BCUT2D eigenvalue weighted by atomic mass is 32.1. The fraction of sp³-hybridized carbons (Fsp3) is 0.480. The Morgan fingerprint density at radius 3 is 2.76 bits per heavy atom. The van der Waals surface area contributed by atoms with Gasteiger partial charge in [-0.15, -0.1) is 11.3 Å². The van der Waals surface area contributed by atoms with E-state index in [1.807, 2.05) is 13.8 Å². The molecule has 2 aliphatic rings. The number of aromatic amines is 1. The van der Waals surface area contributed by atoms with Crippen molar-refractivity contribution in [3.05, 3.63) is 62.0 Å². The number of fused-ring (bicyclic) bond motifs is 2. The maximum Gasteiger partial charge on any atom is 0.259 e. The van der Waals surface area contributed by atoms with Gasteiger partial charge in [-0.25, -0.2) is 4.98 Å². The van der Waals surface area contributed by atoms with Crippen molar-refractivity contribution in [2.24, 2.45) is 0 Å². The Hall–Kier alpha value is -2.55. The number of amides is 1. The van der Waals surface area contributed by atoms with Crippen molar-refractivity contribution in [3.8, 4) is 0 Å². The van der Waals surface area contributed by atoms with Crippen LogP contribution in [0.3, 0.4) is 0 Å². The topological polar surface area (TPSA) is 81.3 Å². The molecule has 3 heterocycles. The quantitative estimate of drug-likeness (QED) is 0.606. The number of benzene rings is 1. The van der Waals surface area contributed by atoms with E-state index >= 15 is 0 Å². The van der Waals surface area contributed by atoms with Crippen LogP contribution in [0, 0.1) is 13.8 Å². The first-order valence-corrected chi connectivity index (χ1v) is 12.6. The van der Waals surface area contributed by atoms with E-state index in [1.165, 1.54) is 11.1 Å². The molecule has 0 spiro atoms. The summed E-state index contributed by atoms with van der Waals surface area (Å²) in [6.45, 7) is 8.43. The van der Waals surface area contributed by atoms with Crippen LogP contribution in [0.2, 0.25) is 0 Å². The molecule has 1 amide bonds. The number of rotatable bonds is 5. The molecule has 1 fully saturated rings. The molecule has 1 aromatic carbocycles. The Labute approximate surface area is 197 Å². The van der Waals surface area contributed by atoms with Crippen molar-refractivity contribution in [1.82, 2.24) is 25.1 Å². The second kappa shape index (κ2) is 9.37. The Kier molecular flexibility index (Phi) is 6.32. The number of nitrogens with one attached hydrogen (secondary N) is 2. The molecule has 3 aromatic rings. The zero-order valence-electron chi connectivity index (χ0n) is 19.3. The van der Waals surface area contributed by atoms with Gasteiger partial charge in [0.15, 0.2) is 0 Å². The van der Waals surface area contributed by atoms with Crippen molar-refractivity contribution in [3.63, 3.8) is 0 Å². The minimum atomic E-state index is -0.0450. The van der Waals surface area contributed by atoms with Gasteiger partial charge in [-0.1, -0.05) is 24.3 Å². The number of carbonyl (C=O) groups excluding carboxylic acids is 1. The number of nitrogens with zero attached hydrogens (tertiary/aromatic N) is 3. The molecular formula is C25H31N5O2S. The number of H-pyrrole nitrogens is 1.